The smallest absolute Gasteiger partial charge is 0.423 e. The molecule has 3 rings (SSSR count). The van der Waals surface area contributed by atoms with E-state index in [9.17, 15) is 92.7 Å². The third-order valence-electron chi connectivity index (χ3n) is 11.4. The van der Waals surface area contributed by atoms with Crippen LogP contribution in [0.2, 0.25) is 0 Å². The SMILES string of the molecule is C#CCN(Cc1ccc2nc(N)[nH]c(=O)c2c1)c1ccc(C(=O)N[C@@H](CCC(=O)OCCSSCCC(=O)N[C@@H](CC(=O)O)C(=O)N[C@@H](CC(=O)O)C(=O)N[C@@H](CC(=O)O)C(=O)NC(CNC(=O)CCSSCCOC(=O)NNOC)C(=O)O)C(=O)O)cc1. The summed E-state index contributed by atoms with van der Waals surface area (Å²) in [7, 11) is 5.97. The molecule has 0 bridgehead atoms. The van der Waals surface area contributed by atoms with Crippen molar-refractivity contribution >= 4 is 143 Å². The minimum absolute atomic E-state index is 0.0132. The standard InChI is InChI=1S/C51H64N12O22S4/c1-3-14-63(26-27-4-9-31-30(21-27)44(74)60-50(52)59-31)29-7-5-28(6-8-29)43(73)55-32(48(78)79)10-11-42(72)84-15-19-88-87-18-13-38(65)54-33(22-39(66)67)45(75)56-34(23-40(68)69)46(76)57-35(24-41(70)71)47(77)58-36(49(80)81)25-53-37(64)12-17-86-89-20-16-85-51(82)61-62-83-2/h1,4-9,21,32-36,62H,10-20,22-26H2,2H3,(H,53,64)(H,54,65)(H,55,73)(H,56,75)(H,57,76)(H,58,77)(H,61,82)(H,66,67)(H,68,69)(H,70,71)(H,78,79)(H,80,81)(H3,52,59,60,74)/t32-,33-,34-,35-,36?/m0/s1. The summed E-state index contributed by atoms with van der Waals surface area (Å²) < 4.78 is 10.00. The third kappa shape index (κ3) is 29.0. The van der Waals surface area contributed by atoms with E-state index >= 15 is 0 Å². The molecule has 38 heteroatoms. The zero-order valence-electron chi connectivity index (χ0n) is 47.1. The number of aliphatic carboxylic acids is 5. The normalized spacial score (nSPS) is 12.4. The summed E-state index contributed by atoms with van der Waals surface area (Å²) in [5, 5.41) is 61.0. The number of H-pyrrole nitrogens is 1. The number of benzene rings is 2. The number of carbonyl (C=O) groups excluding carboxylic acids is 8. The molecule has 0 radical (unpaired) electrons. The molecule has 1 heterocycles. The second-order valence-electron chi connectivity index (χ2n) is 18.1. The summed E-state index contributed by atoms with van der Waals surface area (Å²) in [6.45, 7) is -0.427. The number of anilines is 2. The molecule has 484 valence electrons. The molecule has 0 spiro atoms. The van der Waals surface area contributed by atoms with Crippen LogP contribution in [0.1, 0.15) is 60.9 Å². The lowest BCUT2D eigenvalue weighted by Gasteiger charge is -2.24. The van der Waals surface area contributed by atoms with Crippen LogP contribution in [-0.4, -0.2) is 199 Å². The highest BCUT2D eigenvalue weighted by molar-refractivity contribution is 8.77. The Bertz CT molecular complexity index is 3120. The number of carbonyl (C=O) groups is 13. The summed E-state index contributed by atoms with van der Waals surface area (Å²) in [6, 6.07) is 1.68. The zero-order valence-corrected chi connectivity index (χ0v) is 50.4. The number of carboxylic acid groups (broad SMARTS) is 5. The molecular formula is C51H64N12O22S4. The van der Waals surface area contributed by atoms with Gasteiger partial charge in [0.25, 0.3) is 11.5 Å². The van der Waals surface area contributed by atoms with Gasteiger partial charge in [-0.1, -0.05) is 55.2 Å². The molecule has 7 amide bonds. The number of fused-ring (bicyclic) bond motifs is 1. The lowest BCUT2D eigenvalue weighted by molar-refractivity contribution is -0.145. The maximum Gasteiger partial charge on any atom is 0.423 e. The minimum Gasteiger partial charge on any atom is -0.481 e. The van der Waals surface area contributed by atoms with Crippen molar-refractivity contribution in [2.24, 2.45) is 0 Å². The van der Waals surface area contributed by atoms with Crippen LogP contribution in [-0.2, 0) is 73.6 Å². The number of ether oxygens (including phenoxy) is 2. The van der Waals surface area contributed by atoms with E-state index in [1.54, 1.807) is 35.2 Å². The van der Waals surface area contributed by atoms with Gasteiger partial charge in [0.15, 0.2) is 0 Å². The number of hydrazine groups is 1. The Kier molecular flexibility index (Phi) is 33.1. The van der Waals surface area contributed by atoms with E-state index in [4.69, 9.17) is 21.6 Å². The molecule has 89 heavy (non-hydrogen) atoms. The van der Waals surface area contributed by atoms with Crippen molar-refractivity contribution in [2.45, 2.75) is 81.7 Å². The van der Waals surface area contributed by atoms with E-state index in [2.05, 4.69) is 47.7 Å². The Morgan fingerprint density at radius 2 is 1.19 bits per heavy atom. The van der Waals surface area contributed by atoms with Crippen LogP contribution in [0, 0.1) is 12.3 Å². The molecule has 3 aromatic rings. The number of esters is 1. The van der Waals surface area contributed by atoms with Crippen molar-refractivity contribution in [1.82, 2.24) is 52.9 Å². The predicted molar refractivity (Wildman–Crippen MR) is 321 cm³/mol. The predicted octanol–water partition coefficient (Wildman–Crippen LogP) is -1.45. The van der Waals surface area contributed by atoms with Crippen LogP contribution in [0.5, 0.6) is 0 Å². The number of aromatic amines is 1. The molecule has 0 fully saturated rings. The Hall–Kier alpha value is -9.03. The average molecular weight is 1330 g/mol. The van der Waals surface area contributed by atoms with E-state index in [1.807, 2.05) is 16.0 Å². The molecule has 2 aromatic carbocycles. The molecule has 0 aliphatic carbocycles. The van der Waals surface area contributed by atoms with Gasteiger partial charge in [-0.25, -0.2) is 24.8 Å². The quantitative estimate of drug-likeness (QED) is 0.0101. The highest BCUT2D eigenvalue weighted by Crippen LogP contribution is 2.23. The zero-order chi connectivity index (χ0) is 66.0. The first-order valence-corrected chi connectivity index (χ1v) is 31.1. The second kappa shape index (κ2) is 39.7. The van der Waals surface area contributed by atoms with Crippen LogP contribution in [0.4, 0.5) is 16.4 Å². The van der Waals surface area contributed by atoms with Crippen molar-refractivity contribution < 1.29 is 102 Å². The van der Waals surface area contributed by atoms with Gasteiger partial charge in [0, 0.05) is 66.6 Å². The number of rotatable bonds is 42. The summed E-state index contributed by atoms with van der Waals surface area (Å²) in [5.74, 6) is -12.2. The van der Waals surface area contributed by atoms with Crippen LogP contribution < -0.4 is 59.1 Å². The highest BCUT2D eigenvalue weighted by atomic mass is 33.1. The molecule has 34 nitrogen and oxygen atoms in total. The number of nitrogen functional groups attached to an aromatic ring is 1. The molecule has 16 N–H and O–H groups in total. The van der Waals surface area contributed by atoms with E-state index in [0.717, 1.165) is 27.2 Å². The number of aromatic nitrogens is 2. The first-order valence-electron chi connectivity index (χ1n) is 26.1. The molecule has 1 aromatic heterocycles. The molecule has 5 atom stereocenters. The minimum atomic E-state index is -2.13. The van der Waals surface area contributed by atoms with Crippen LogP contribution in [0.25, 0.3) is 10.9 Å². The number of hydrogen-bond donors (Lipinski definition) is 15. The average Bonchev–Trinajstić information content (AvgIpc) is 3.60. The van der Waals surface area contributed by atoms with E-state index in [0.29, 0.717) is 22.3 Å². The fourth-order valence-corrected chi connectivity index (χ4v) is 10.9. The number of terminal acetylenes is 1. The lowest BCUT2D eigenvalue weighted by Crippen LogP contribution is -2.59. The molecule has 0 saturated carbocycles. The number of nitrogens with two attached hydrogens (primary N) is 1. The monoisotopic (exact) mass is 1320 g/mol. The summed E-state index contributed by atoms with van der Waals surface area (Å²) >= 11 is 0. The highest BCUT2D eigenvalue weighted by Gasteiger charge is 2.34. The van der Waals surface area contributed by atoms with Crippen LogP contribution in [0.15, 0.2) is 47.3 Å². The van der Waals surface area contributed by atoms with Gasteiger partial charge >= 0.3 is 41.9 Å². The number of hydrogen-bond acceptors (Lipinski definition) is 25. The van der Waals surface area contributed by atoms with Crippen LogP contribution in [0.3, 0.4) is 0 Å². The van der Waals surface area contributed by atoms with Crippen molar-refractivity contribution in [3.63, 3.8) is 0 Å². The van der Waals surface area contributed by atoms with Crippen molar-refractivity contribution in [3.8, 4) is 12.3 Å². The van der Waals surface area contributed by atoms with Gasteiger partial charge in [0.05, 0.1) is 43.8 Å². The first kappa shape index (κ1) is 74.2. The van der Waals surface area contributed by atoms with Crippen molar-refractivity contribution in [1.29, 1.82) is 0 Å². The van der Waals surface area contributed by atoms with E-state index in [1.165, 1.54) is 40.8 Å². The summed E-state index contributed by atoms with van der Waals surface area (Å²) in [6.07, 6.45) is 0.127. The van der Waals surface area contributed by atoms with Gasteiger partial charge in [0.1, 0.15) is 43.4 Å². The van der Waals surface area contributed by atoms with Gasteiger partial charge in [0.2, 0.25) is 35.5 Å². The molecule has 0 aliphatic rings. The van der Waals surface area contributed by atoms with E-state index < -0.39 is 145 Å². The van der Waals surface area contributed by atoms with Crippen LogP contribution >= 0.6 is 43.2 Å². The van der Waals surface area contributed by atoms with Gasteiger partial charge in [-0.3, -0.25) is 62.6 Å². The number of nitrogens with one attached hydrogen (secondary N) is 9. The summed E-state index contributed by atoms with van der Waals surface area (Å²) in [5.41, 5.74) is 11.2. The number of carboxylic acids is 5. The van der Waals surface area contributed by atoms with Gasteiger partial charge in [-0.15, -0.1) is 12.0 Å². The van der Waals surface area contributed by atoms with Gasteiger partial charge in [-0.2, -0.15) is 0 Å². The Labute approximate surface area is 520 Å². The fourth-order valence-electron chi connectivity index (χ4n) is 7.26. The Morgan fingerprint density at radius 1 is 0.663 bits per heavy atom. The Morgan fingerprint density at radius 3 is 1.73 bits per heavy atom. The Balaban J connectivity index is 1.44. The van der Waals surface area contributed by atoms with Gasteiger partial charge < -0.3 is 77.5 Å². The lowest BCUT2D eigenvalue weighted by atomic mass is 10.1. The number of amides is 7. The molecule has 0 saturated heterocycles. The molecule has 0 aliphatic heterocycles. The molecule has 1 unspecified atom stereocenters. The molecular weight excluding hydrogens is 1260 g/mol. The van der Waals surface area contributed by atoms with Crippen molar-refractivity contribution in [2.75, 3.05) is 67.1 Å². The van der Waals surface area contributed by atoms with Crippen molar-refractivity contribution in [3.05, 3.63) is 63.9 Å². The summed E-state index contributed by atoms with van der Waals surface area (Å²) in [4.78, 5) is 186. The maximum atomic E-state index is 13.4. The largest absolute Gasteiger partial charge is 0.481 e. The van der Waals surface area contributed by atoms with E-state index in [-0.39, 0.29) is 74.3 Å². The fraction of sp³-hybridized carbons (Fsp3) is 0.431. The van der Waals surface area contributed by atoms with Gasteiger partial charge in [-0.05, 0) is 48.4 Å². The maximum absolute atomic E-state index is 13.4. The third-order valence-corrected chi connectivity index (χ3v) is 16.2. The second-order valence-corrected chi connectivity index (χ2v) is 23.5. The number of nitrogens with zero attached hydrogens (tertiary/aromatic N) is 2. The topological polar surface area (TPSA) is 522 Å². The first-order chi connectivity index (χ1) is 42.3.